The van der Waals surface area contributed by atoms with Crippen LogP contribution in [0.15, 0.2) is 40.5 Å². The highest BCUT2D eigenvalue weighted by Crippen LogP contribution is 2.30. The van der Waals surface area contributed by atoms with E-state index in [4.69, 9.17) is 9.15 Å². The third kappa shape index (κ3) is 3.92. The summed E-state index contributed by atoms with van der Waals surface area (Å²) in [5.41, 5.74) is 3.36. The van der Waals surface area contributed by atoms with Crippen molar-refractivity contribution in [2.45, 2.75) is 32.2 Å². The van der Waals surface area contributed by atoms with E-state index in [1.165, 1.54) is 17.5 Å². The number of benzene rings is 1. The average molecular weight is 336 g/mol. The molecule has 5 heteroatoms. The third-order valence-corrected chi connectivity index (χ3v) is 4.36. The lowest BCUT2D eigenvalue weighted by atomic mass is 9.89. The molecule has 5 nitrogen and oxygen atoms in total. The van der Waals surface area contributed by atoms with Crippen molar-refractivity contribution < 1.29 is 13.9 Å². The van der Waals surface area contributed by atoms with E-state index >= 15 is 0 Å². The first-order valence-corrected chi connectivity index (χ1v) is 8.33. The minimum Gasteiger partial charge on any atom is -0.496 e. The van der Waals surface area contributed by atoms with E-state index < -0.39 is 5.91 Å². The molecular weight excluding hydrogens is 316 g/mol. The molecule has 0 atom stereocenters. The highest BCUT2D eigenvalue weighted by atomic mass is 16.5. The first-order valence-electron chi connectivity index (χ1n) is 8.33. The van der Waals surface area contributed by atoms with Gasteiger partial charge in [-0.05, 0) is 67.2 Å². The summed E-state index contributed by atoms with van der Waals surface area (Å²) in [5.74, 6) is 0.892. The predicted octanol–water partition coefficient (Wildman–Crippen LogP) is 3.39. The molecule has 1 aliphatic carbocycles. The number of hydrogen-bond acceptors (Lipinski definition) is 4. The number of nitriles is 1. The van der Waals surface area contributed by atoms with Gasteiger partial charge in [-0.25, -0.2) is 0 Å². The van der Waals surface area contributed by atoms with E-state index in [2.05, 4.69) is 5.32 Å². The minimum atomic E-state index is -0.432. The van der Waals surface area contributed by atoms with Crippen LogP contribution in [-0.2, 0) is 24.2 Å². The van der Waals surface area contributed by atoms with Crippen molar-refractivity contribution >= 4 is 12.0 Å². The molecule has 1 heterocycles. The monoisotopic (exact) mass is 336 g/mol. The quantitative estimate of drug-likeness (QED) is 0.671. The maximum Gasteiger partial charge on any atom is 0.262 e. The van der Waals surface area contributed by atoms with Crippen molar-refractivity contribution in [2.75, 3.05) is 7.11 Å². The number of hydrogen-bond donors (Lipinski definition) is 1. The Kier molecular flexibility index (Phi) is 5.20. The molecular formula is C20H20N2O3. The molecule has 0 radical (unpaired) electrons. The number of nitrogens with zero attached hydrogens (tertiary/aromatic N) is 1. The van der Waals surface area contributed by atoms with Gasteiger partial charge in [0.25, 0.3) is 5.91 Å². The number of furan rings is 1. The van der Waals surface area contributed by atoms with Crippen LogP contribution < -0.4 is 10.1 Å². The van der Waals surface area contributed by atoms with Gasteiger partial charge in [0.15, 0.2) is 0 Å². The SMILES string of the molecule is COc1cc2c(cc1/C=C(\C#N)C(=O)NCc1ccco1)CCCC2. The average Bonchev–Trinajstić information content (AvgIpc) is 3.17. The van der Waals surface area contributed by atoms with Crippen LogP contribution in [0, 0.1) is 11.3 Å². The lowest BCUT2D eigenvalue weighted by molar-refractivity contribution is -0.117. The summed E-state index contributed by atoms with van der Waals surface area (Å²) in [7, 11) is 1.60. The fraction of sp³-hybridized carbons (Fsp3) is 0.300. The third-order valence-electron chi connectivity index (χ3n) is 4.36. The largest absolute Gasteiger partial charge is 0.496 e. The van der Waals surface area contributed by atoms with Crippen LogP contribution in [0.4, 0.5) is 0 Å². The van der Waals surface area contributed by atoms with Gasteiger partial charge < -0.3 is 14.5 Å². The Bertz CT molecular complexity index is 829. The maximum absolute atomic E-state index is 12.3. The van der Waals surface area contributed by atoms with E-state index in [9.17, 15) is 10.1 Å². The first kappa shape index (κ1) is 16.8. The number of methoxy groups -OCH3 is 1. The Balaban J connectivity index is 1.83. The minimum absolute atomic E-state index is 0.0422. The first-order chi connectivity index (χ1) is 12.2. The van der Waals surface area contributed by atoms with Gasteiger partial charge in [-0.1, -0.05) is 0 Å². The Morgan fingerprint density at radius 3 is 2.76 bits per heavy atom. The van der Waals surface area contributed by atoms with E-state index in [1.807, 2.05) is 18.2 Å². The van der Waals surface area contributed by atoms with Crippen LogP contribution in [0.3, 0.4) is 0 Å². The van der Waals surface area contributed by atoms with Crippen molar-refractivity contribution in [3.05, 3.63) is 58.6 Å². The number of fused-ring (bicyclic) bond motifs is 1. The Morgan fingerprint density at radius 1 is 1.36 bits per heavy atom. The van der Waals surface area contributed by atoms with Crippen LogP contribution in [0.1, 0.15) is 35.3 Å². The van der Waals surface area contributed by atoms with Crippen molar-refractivity contribution in [1.82, 2.24) is 5.32 Å². The molecule has 128 valence electrons. The van der Waals surface area contributed by atoms with E-state index in [0.29, 0.717) is 11.5 Å². The van der Waals surface area contributed by atoms with Crippen LogP contribution in [0.5, 0.6) is 5.75 Å². The second kappa shape index (κ2) is 7.71. The molecule has 1 aromatic heterocycles. The highest BCUT2D eigenvalue weighted by Gasteiger charge is 2.15. The van der Waals surface area contributed by atoms with Gasteiger partial charge in [0.05, 0.1) is 19.9 Å². The molecule has 25 heavy (non-hydrogen) atoms. The summed E-state index contributed by atoms with van der Waals surface area (Å²) < 4.78 is 10.6. The van der Waals surface area contributed by atoms with E-state index in [1.54, 1.807) is 31.6 Å². The molecule has 0 bridgehead atoms. The van der Waals surface area contributed by atoms with Gasteiger partial charge >= 0.3 is 0 Å². The summed E-state index contributed by atoms with van der Waals surface area (Å²) in [4.78, 5) is 12.3. The maximum atomic E-state index is 12.3. The van der Waals surface area contributed by atoms with E-state index in [0.717, 1.165) is 24.8 Å². The molecule has 0 saturated heterocycles. The molecule has 0 unspecified atom stereocenters. The fourth-order valence-electron chi connectivity index (χ4n) is 3.05. The number of nitrogens with one attached hydrogen (secondary N) is 1. The summed E-state index contributed by atoms with van der Waals surface area (Å²) in [6.07, 6.45) is 7.55. The molecule has 1 amide bonds. The smallest absolute Gasteiger partial charge is 0.262 e. The van der Waals surface area contributed by atoms with Gasteiger partial charge in [-0.15, -0.1) is 0 Å². The summed E-state index contributed by atoms with van der Waals surface area (Å²) in [6, 6.07) is 9.55. The Labute approximate surface area is 146 Å². The van der Waals surface area contributed by atoms with Gasteiger partial charge in [0.2, 0.25) is 0 Å². The normalized spacial score (nSPS) is 13.7. The van der Waals surface area contributed by atoms with Gasteiger partial charge in [0, 0.05) is 5.56 Å². The van der Waals surface area contributed by atoms with Crippen LogP contribution >= 0.6 is 0 Å². The van der Waals surface area contributed by atoms with E-state index in [-0.39, 0.29) is 12.1 Å². The predicted molar refractivity (Wildman–Crippen MR) is 93.8 cm³/mol. The zero-order valence-electron chi connectivity index (χ0n) is 14.2. The topological polar surface area (TPSA) is 75.3 Å². The van der Waals surface area contributed by atoms with Crippen molar-refractivity contribution in [3.63, 3.8) is 0 Å². The molecule has 1 N–H and O–H groups in total. The molecule has 0 spiro atoms. The van der Waals surface area contributed by atoms with Crippen LogP contribution in [-0.4, -0.2) is 13.0 Å². The number of amides is 1. The number of rotatable bonds is 5. The number of carbonyl (C=O) groups excluding carboxylic acids is 1. The fourth-order valence-corrected chi connectivity index (χ4v) is 3.05. The lowest BCUT2D eigenvalue weighted by Gasteiger charge is -2.18. The summed E-state index contributed by atoms with van der Waals surface area (Å²) in [6.45, 7) is 0.242. The van der Waals surface area contributed by atoms with Crippen molar-refractivity contribution in [3.8, 4) is 11.8 Å². The molecule has 3 rings (SSSR count). The molecule has 1 aliphatic rings. The molecule has 2 aromatic rings. The summed E-state index contributed by atoms with van der Waals surface area (Å²) >= 11 is 0. The second-order valence-electron chi connectivity index (χ2n) is 6.00. The Morgan fingerprint density at radius 2 is 2.12 bits per heavy atom. The van der Waals surface area contributed by atoms with Gasteiger partial charge in [0.1, 0.15) is 23.2 Å². The van der Waals surface area contributed by atoms with Crippen LogP contribution in [0.25, 0.3) is 6.08 Å². The standard InChI is InChI=1S/C20H20N2O3/c1-24-19-11-15-6-3-2-5-14(15)9-16(19)10-17(12-21)20(23)22-13-18-7-4-8-25-18/h4,7-11H,2-3,5-6,13H2,1H3,(H,22,23)/b17-10+. The summed E-state index contributed by atoms with van der Waals surface area (Å²) in [5, 5.41) is 12.1. The number of aryl methyl sites for hydroxylation is 2. The zero-order valence-corrected chi connectivity index (χ0v) is 14.2. The van der Waals surface area contributed by atoms with Crippen molar-refractivity contribution in [1.29, 1.82) is 5.26 Å². The highest BCUT2D eigenvalue weighted by molar-refractivity contribution is 6.02. The molecule has 0 saturated carbocycles. The van der Waals surface area contributed by atoms with Crippen LogP contribution in [0.2, 0.25) is 0 Å². The van der Waals surface area contributed by atoms with Gasteiger partial charge in [-0.2, -0.15) is 5.26 Å². The molecule has 0 fully saturated rings. The van der Waals surface area contributed by atoms with Gasteiger partial charge in [-0.3, -0.25) is 4.79 Å². The Hall–Kier alpha value is -3.00. The number of carbonyl (C=O) groups is 1. The van der Waals surface area contributed by atoms with Crippen molar-refractivity contribution in [2.24, 2.45) is 0 Å². The lowest BCUT2D eigenvalue weighted by Crippen LogP contribution is -2.23. The number of ether oxygens (including phenoxy) is 1. The zero-order chi connectivity index (χ0) is 17.6. The molecule has 0 aliphatic heterocycles. The second-order valence-corrected chi connectivity index (χ2v) is 6.00. The molecule has 1 aromatic carbocycles.